The standard InChI is InChI=1S/C29H25N7O2.C28H23N7O2.C27H21N7O2.C26H19N7O2/c37-29(17-4-2-1-3-5-17)32-21-10-20(12-30-13-21)18-6-7-24-22(11-18)27(36-35-24)28-33-25-15-31-14-23(26(25)34-28)19-8-9-38-16-19;36-28(16-3-1-2-4-16)31-20-9-19(11-29-12-20)17-5-6-23-21(10-17)26(35-34-23)27-32-24-14-30-13-22(25(24)33-27)18-7-8-37-15-18;35-27(15-2-1-3-15)30-19-8-18(10-28-11-19)16-4-5-22-20(9-16)25(34-33-22)26-31-23-13-29-12-21(24(23)32-26)17-6-7-36-14-17;34-26(14-1-2-14)29-18-7-17(9-27-10-18)15-3-4-21-19(8-15)24(33-32-21)25-30-22-12-28-11-20(23(22)31-25)16-5-6-35-13-16/h6-17H,1-5H2,(H,32,37)(H,33,34)(H,35,36);5-16H,1-4H2,(H,31,36)(H,32,33)(H,34,35);4-15H,1-3H2,(H,30,35)(H,31,32)(H,33,34);3-14H,1-2H2,(H,29,34)(H,30,31)(H,32,33). The van der Waals surface area contributed by atoms with Crippen LogP contribution in [0.1, 0.15) is 89.9 Å². The van der Waals surface area contributed by atoms with Crippen molar-refractivity contribution in [2.45, 2.75) is 89.9 Å². The van der Waals surface area contributed by atoms with Gasteiger partial charge in [0.2, 0.25) is 23.6 Å². The van der Waals surface area contributed by atoms with E-state index in [4.69, 9.17) is 37.6 Å². The van der Waals surface area contributed by atoms with Crippen LogP contribution in [0.2, 0.25) is 0 Å². The number of aromatic nitrogens is 24. The van der Waals surface area contributed by atoms with Crippen LogP contribution in [0.5, 0.6) is 0 Å². The molecule has 4 aliphatic rings. The number of rotatable bonds is 20. The van der Waals surface area contributed by atoms with Crippen molar-refractivity contribution in [2.75, 3.05) is 21.3 Å². The molecule has 4 aromatic carbocycles. The first-order valence-electron chi connectivity index (χ1n) is 48.4. The number of imidazole rings is 4. The third-order valence-electron chi connectivity index (χ3n) is 27.5. The smallest absolute Gasteiger partial charge is 0.227 e. The summed E-state index contributed by atoms with van der Waals surface area (Å²) in [5.74, 6) is 3.32. The maximum absolute atomic E-state index is 12.8. The molecule has 0 unspecified atom stereocenters. The largest absolute Gasteiger partial charge is 0.472 e. The number of nitrogens with zero attached hydrogens (tertiary/aromatic N) is 16. The van der Waals surface area contributed by atoms with E-state index < -0.39 is 0 Å². The lowest BCUT2D eigenvalue weighted by molar-refractivity contribution is -0.122. The molecule has 24 aromatic rings. The molecule has 0 saturated heterocycles. The molecule has 20 aromatic heterocycles. The quantitative estimate of drug-likeness (QED) is 0.0337. The van der Waals surface area contributed by atoms with Crippen molar-refractivity contribution < 1.29 is 36.8 Å². The molecule has 0 spiro atoms. The Morgan fingerprint density at radius 1 is 0.240 bits per heavy atom. The summed E-state index contributed by atoms with van der Waals surface area (Å²) in [5.41, 5.74) is 30.4. The summed E-state index contributed by atoms with van der Waals surface area (Å²) in [6, 6.07) is 39.6. The van der Waals surface area contributed by atoms with Gasteiger partial charge in [-0.05, 0) is 171 Å². The first-order valence-corrected chi connectivity index (χ1v) is 48.4. The predicted octanol–water partition coefficient (Wildman–Crippen LogP) is 23.0. The molecule has 0 atom stereocenters. The monoisotopic (exact) mass is 1930 g/mol. The van der Waals surface area contributed by atoms with Crippen molar-refractivity contribution in [3.8, 4) is 135 Å². The van der Waals surface area contributed by atoms with Crippen LogP contribution >= 0.6 is 0 Å². The number of carbonyl (C=O) groups excluding carboxylic acids is 4. The summed E-state index contributed by atoms with van der Waals surface area (Å²) in [7, 11) is 0. The van der Waals surface area contributed by atoms with Gasteiger partial charge >= 0.3 is 0 Å². The van der Waals surface area contributed by atoms with E-state index in [0.29, 0.717) is 68.8 Å². The molecule has 716 valence electrons. The third kappa shape index (κ3) is 17.7. The van der Waals surface area contributed by atoms with Crippen LogP contribution in [0.15, 0.2) is 288 Å². The number of benzene rings is 4. The zero-order valence-corrected chi connectivity index (χ0v) is 78.0. The predicted molar refractivity (Wildman–Crippen MR) is 553 cm³/mol. The van der Waals surface area contributed by atoms with Crippen LogP contribution in [-0.4, -0.2) is 144 Å². The topological polar surface area (TPSA) is 502 Å². The Morgan fingerprint density at radius 2 is 0.486 bits per heavy atom. The lowest BCUT2D eigenvalue weighted by atomic mass is 9.85. The Kier molecular flexibility index (Phi) is 23.0. The van der Waals surface area contributed by atoms with E-state index in [1.807, 2.05) is 97.1 Å². The number of carbonyl (C=O) groups is 4. The van der Waals surface area contributed by atoms with Crippen molar-refractivity contribution in [3.05, 3.63) is 271 Å². The van der Waals surface area contributed by atoms with Crippen molar-refractivity contribution >= 4 is 134 Å². The molecular formula is C110H88N28O8. The fourth-order valence-electron chi connectivity index (χ4n) is 19.4. The summed E-state index contributed by atoms with van der Waals surface area (Å²) in [4.78, 5) is 118. The molecule has 0 bridgehead atoms. The Balaban J connectivity index is 0.000000102. The zero-order valence-electron chi connectivity index (χ0n) is 78.0. The van der Waals surface area contributed by atoms with E-state index in [0.717, 1.165) is 260 Å². The number of amides is 4. The van der Waals surface area contributed by atoms with Crippen molar-refractivity contribution in [1.82, 2.24) is 121 Å². The van der Waals surface area contributed by atoms with Crippen LogP contribution < -0.4 is 21.3 Å². The molecule has 4 fully saturated rings. The lowest BCUT2D eigenvalue weighted by Crippen LogP contribution is -2.28. The Morgan fingerprint density at radius 3 is 0.726 bits per heavy atom. The second kappa shape index (κ2) is 38.1. The second-order valence-corrected chi connectivity index (χ2v) is 37.1. The minimum absolute atomic E-state index is 0.0608. The van der Waals surface area contributed by atoms with Crippen molar-refractivity contribution in [3.63, 3.8) is 0 Å². The number of fused-ring (bicyclic) bond motifs is 8. The van der Waals surface area contributed by atoms with Gasteiger partial charge in [-0.25, -0.2) is 19.9 Å². The molecule has 36 heteroatoms. The number of H-pyrrole nitrogens is 8. The van der Waals surface area contributed by atoms with Crippen molar-refractivity contribution in [1.29, 1.82) is 0 Å². The summed E-state index contributed by atoms with van der Waals surface area (Å²) in [6.07, 6.45) is 55.8. The van der Waals surface area contributed by atoms with E-state index in [2.05, 4.69) is 146 Å². The van der Waals surface area contributed by atoms with Crippen LogP contribution in [0, 0.1) is 23.7 Å². The molecule has 36 nitrogen and oxygen atoms in total. The molecule has 4 aliphatic carbocycles. The second-order valence-electron chi connectivity index (χ2n) is 37.1. The van der Waals surface area contributed by atoms with E-state index in [9.17, 15) is 19.2 Å². The van der Waals surface area contributed by atoms with Gasteiger partial charge < -0.3 is 58.9 Å². The molecule has 0 radical (unpaired) electrons. The van der Waals surface area contributed by atoms with Gasteiger partial charge in [0.1, 0.15) is 44.8 Å². The summed E-state index contributed by atoms with van der Waals surface area (Å²) < 4.78 is 21.0. The van der Waals surface area contributed by atoms with Gasteiger partial charge in [-0.2, -0.15) is 20.4 Å². The minimum Gasteiger partial charge on any atom is -0.472 e. The van der Waals surface area contributed by atoms with Crippen LogP contribution in [0.25, 0.3) is 223 Å². The molecule has 28 rings (SSSR count). The van der Waals surface area contributed by atoms with Gasteiger partial charge in [-0.1, -0.05) is 62.8 Å². The first-order chi connectivity index (χ1) is 71.9. The van der Waals surface area contributed by atoms with Gasteiger partial charge in [-0.15, -0.1) is 0 Å². The molecule has 20 heterocycles. The van der Waals surface area contributed by atoms with Gasteiger partial charge in [0.15, 0.2) is 23.3 Å². The highest BCUT2D eigenvalue weighted by Gasteiger charge is 2.32. The number of nitrogens with one attached hydrogen (secondary N) is 12. The average molecular weight is 1930 g/mol. The minimum atomic E-state index is 0.0608. The maximum Gasteiger partial charge on any atom is 0.227 e. The van der Waals surface area contributed by atoms with E-state index >= 15 is 0 Å². The zero-order chi connectivity index (χ0) is 97.7. The third-order valence-corrected chi connectivity index (χ3v) is 27.5. The van der Waals surface area contributed by atoms with Crippen LogP contribution in [0.3, 0.4) is 0 Å². The lowest BCUT2D eigenvalue weighted by Gasteiger charge is -2.24. The van der Waals surface area contributed by atoms with Crippen molar-refractivity contribution in [2.24, 2.45) is 23.7 Å². The van der Waals surface area contributed by atoms with Gasteiger partial charge in [0.25, 0.3) is 0 Å². The Bertz CT molecular complexity index is 9010. The molecule has 146 heavy (non-hydrogen) atoms. The number of pyridine rings is 8. The number of furan rings is 4. The highest BCUT2D eigenvalue weighted by atomic mass is 16.3. The Labute approximate surface area is 827 Å². The molecule has 4 saturated carbocycles. The summed E-state index contributed by atoms with van der Waals surface area (Å²) in [5, 5.41) is 46.4. The van der Waals surface area contributed by atoms with E-state index in [1.54, 1.807) is 149 Å². The fraction of sp³-hybridized carbons (Fsp3) is 0.164. The van der Waals surface area contributed by atoms with E-state index in [-0.39, 0.29) is 47.3 Å². The fourth-order valence-corrected chi connectivity index (χ4v) is 19.4. The highest BCUT2D eigenvalue weighted by Crippen LogP contribution is 2.43. The Hall–Kier alpha value is -19.2. The molecular weight excluding hydrogens is 1840 g/mol. The molecule has 12 N–H and O–H groups in total. The summed E-state index contributed by atoms with van der Waals surface area (Å²) >= 11 is 0. The van der Waals surface area contributed by atoms with Crippen LogP contribution in [-0.2, 0) is 19.2 Å². The highest BCUT2D eigenvalue weighted by molar-refractivity contribution is 6.05. The molecule has 0 aliphatic heterocycles. The number of anilines is 4. The maximum atomic E-state index is 12.8. The number of hydrogen-bond acceptors (Lipinski definition) is 24. The first kappa shape index (κ1) is 88.3. The molecule has 4 amide bonds. The average Bonchev–Trinajstić information content (AvgIpc) is 1.63. The summed E-state index contributed by atoms with van der Waals surface area (Å²) in [6.45, 7) is 0. The normalized spacial score (nSPS) is 13.9. The SMILES string of the molecule is O=C(Nc1cncc(-c2ccc3[nH]nc(-c4nc5c(-c6ccoc6)cncc5[nH]4)c3c2)c1)C1CC1.O=C(Nc1cncc(-c2ccc3[nH]nc(-c4nc5c(-c6ccoc6)cncc5[nH]4)c3c2)c1)C1CCC1.O=C(Nc1cncc(-c2ccc3[nH]nc(-c4nc5c(-c6ccoc6)cncc5[nH]4)c3c2)c1)C1CCCC1.O=C(Nc1cncc(-c2ccc3[nH]nc(-c4nc5c(-c6ccoc6)cncc5[nH]4)c3c2)c1)C1CCCCC1. The van der Waals surface area contributed by atoms with E-state index in [1.165, 1.54) is 6.42 Å². The van der Waals surface area contributed by atoms with Crippen LogP contribution in [0.4, 0.5) is 22.7 Å². The van der Waals surface area contributed by atoms with Gasteiger partial charge in [0, 0.05) is 162 Å². The number of hydrogen-bond donors (Lipinski definition) is 12. The van der Waals surface area contributed by atoms with Gasteiger partial charge in [0.05, 0.1) is 167 Å². The number of aromatic amines is 8. The van der Waals surface area contributed by atoms with Gasteiger partial charge in [-0.3, -0.25) is 79.4 Å².